The number of carbonyl (C=O) groups is 1. The molecule has 1 aliphatic rings. The minimum Gasteiger partial charge on any atom is -0.480 e. The number of hydrogen-bond acceptors (Lipinski definition) is 5. The fraction of sp³-hybridized carbons (Fsp3) is 0.474. The van der Waals surface area contributed by atoms with E-state index in [1.807, 2.05) is 49.2 Å². The summed E-state index contributed by atoms with van der Waals surface area (Å²) in [5, 5.41) is 8.92. The van der Waals surface area contributed by atoms with Gasteiger partial charge in [0.1, 0.15) is 5.76 Å². The average Bonchev–Trinajstić information content (AvgIpc) is 2.96. The van der Waals surface area contributed by atoms with Crippen LogP contribution in [0.2, 0.25) is 0 Å². The normalized spacial score (nSPS) is 16.4. The van der Waals surface area contributed by atoms with E-state index in [1.165, 1.54) is 0 Å². The Balaban J connectivity index is 1.58. The summed E-state index contributed by atoms with van der Waals surface area (Å²) in [5.41, 5.74) is 1.97. The van der Waals surface area contributed by atoms with Crippen LogP contribution in [0.1, 0.15) is 24.3 Å². The second kappa shape index (κ2) is 7.80. The molecule has 2 heterocycles. The van der Waals surface area contributed by atoms with Crippen LogP contribution in [0.3, 0.4) is 0 Å². The number of nitrogens with zero attached hydrogens (tertiary/aromatic N) is 3. The van der Waals surface area contributed by atoms with Crippen LogP contribution in [0.5, 0.6) is 0 Å². The molecule has 0 spiro atoms. The number of oxazole rings is 1. The number of piperidine rings is 1. The van der Waals surface area contributed by atoms with E-state index in [2.05, 4.69) is 9.88 Å². The predicted molar refractivity (Wildman–Crippen MR) is 95.2 cm³/mol. The Kier molecular flexibility index (Phi) is 5.50. The maximum Gasteiger partial charge on any atom is 0.317 e. The lowest BCUT2D eigenvalue weighted by atomic mass is 10.0. The lowest BCUT2D eigenvalue weighted by Crippen LogP contribution is -2.44. The van der Waals surface area contributed by atoms with E-state index >= 15 is 0 Å². The van der Waals surface area contributed by atoms with Crippen molar-refractivity contribution in [3.8, 4) is 11.5 Å². The lowest BCUT2D eigenvalue weighted by Gasteiger charge is -2.35. The number of carboxylic acid groups (broad SMARTS) is 1. The predicted octanol–water partition coefficient (Wildman–Crippen LogP) is 2.63. The molecule has 1 aliphatic heterocycles. The van der Waals surface area contributed by atoms with Gasteiger partial charge in [0, 0.05) is 31.2 Å². The summed E-state index contributed by atoms with van der Waals surface area (Å²) < 4.78 is 5.83. The minimum atomic E-state index is -0.767. The van der Waals surface area contributed by atoms with E-state index < -0.39 is 5.97 Å². The molecule has 134 valence electrons. The maximum absolute atomic E-state index is 10.8. The molecule has 1 N–H and O–H groups in total. The molecule has 0 unspecified atom stereocenters. The molecule has 3 rings (SSSR count). The van der Waals surface area contributed by atoms with Crippen molar-refractivity contribution in [2.24, 2.45) is 0 Å². The molecule has 1 saturated heterocycles. The highest BCUT2D eigenvalue weighted by Crippen LogP contribution is 2.23. The highest BCUT2D eigenvalue weighted by molar-refractivity contribution is 5.69. The van der Waals surface area contributed by atoms with Crippen molar-refractivity contribution < 1.29 is 14.3 Å². The van der Waals surface area contributed by atoms with Crippen LogP contribution < -0.4 is 0 Å². The molecule has 1 aromatic carbocycles. The number of carboxylic acids is 1. The van der Waals surface area contributed by atoms with Crippen molar-refractivity contribution in [3.05, 3.63) is 41.8 Å². The Morgan fingerprint density at radius 1 is 1.32 bits per heavy atom. The van der Waals surface area contributed by atoms with Gasteiger partial charge in [-0.05, 0) is 38.9 Å². The Hall–Kier alpha value is -2.18. The summed E-state index contributed by atoms with van der Waals surface area (Å²) in [4.78, 5) is 19.8. The van der Waals surface area contributed by atoms with Gasteiger partial charge in [0.15, 0.2) is 0 Å². The SMILES string of the molecule is Cc1oc(-c2ccccc2)nc1CN1CCC(N(C)CC(=O)O)CC1. The molecule has 0 saturated carbocycles. The topological polar surface area (TPSA) is 69.8 Å². The fourth-order valence-corrected chi connectivity index (χ4v) is 3.35. The van der Waals surface area contributed by atoms with Gasteiger partial charge in [0.25, 0.3) is 0 Å². The number of likely N-dealkylation sites (tertiary alicyclic amines) is 1. The van der Waals surface area contributed by atoms with Crippen LogP contribution in [0.15, 0.2) is 34.7 Å². The van der Waals surface area contributed by atoms with Gasteiger partial charge < -0.3 is 9.52 Å². The summed E-state index contributed by atoms with van der Waals surface area (Å²) >= 11 is 0. The summed E-state index contributed by atoms with van der Waals surface area (Å²) in [6.45, 7) is 4.73. The molecular formula is C19H25N3O3. The van der Waals surface area contributed by atoms with Gasteiger partial charge in [0.2, 0.25) is 5.89 Å². The molecule has 0 radical (unpaired) electrons. The zero-order valence-corrected chi connectivity index (χ0v) is 14.8. The van der Waals surface area contributed by atoms with Crippen molar-refractivity contribution in [2.45, 2.75) is 32.4 Å². The number of aryl methyl sites for hydroxylation is 1. The van der Waals surface area contributed by atoms with Crippen LogP contribution in [0.4, 0.5) is 0 Å². The van der Waals surface area contributed by atoms with Gasteiger partial charge in [-0.25, -0.2) is 4.98 Å². The molecule has 1 fully saturated rings. The summed E-state index contributed by atoms with van der Waals surface area (Å²) in [5.74, 6) is 0.768. The van der Waals surface area contributed by atoms with Gasteiger partial charge in [-0.3, -0.25) is 14.6 Å². The average molecular weight is 343 g/mol. The molecule has 0 atom stereocenters. The first kappa shape index (κ1) is 17.6. The van der Waals surface area contributed by atoms with Crippen molar-refractivity contribution in [2.75, 3.05) is 26.7 Å². The largest absolute Gasteiger partial charge is 0.480 e. The van der Waals surface area contributed by atoms with E-state index in [0.29, 0.717) is 11.9 Å². The quantitative estimate of drug-likeness (QED) is 0.869. The first-order valence-corrected chi connectivity index (χ1v) is 8.69. The van der Waals surface area contributed by atoms with Gasteiger partial charge in [-0.1, -0.05) is 18.2 Å². The van der Waals surface area contributed by atoms with E-state index in [4.69, 9.17) is 9.52 Å². The Morgan fingerprint density at radius 2 is 2.00 bits per heavy atom. The van der Waals surface area contributed by atoms with Crippen LogP contribution in [-0.2, 0) is 11.3 Å². The Labute approximate surface area is 148 Å². The number of aromatic nitrogens is 1. The molecule has 2 aromatic rings. The number of rotatable bonds is 6. The first-order chi connectivity index (χ1) is 12.0. The summed E-state index contributed by atoms with van der Waals surface area (Å²) in [6.07, 6.45) is 1.96. The van der Waals surface area contributed by atoms with E-state index in [-0.39, 0.29) is 6.54 Å². The number of benzene rings is 1. The highest BCUT2D eigenvalue weighted by Gasteiger charge is 2.24. The third kappa shape index (κ3) is 4.46. The summed E-state index contributed by atoms with van der Waals surface area (Å²) in [6, 6.07) is 10.3. The van der Waals surface area contributed by atoms with Crippen LogP contribution in [0.25, 0.3) is 11.5 Å². The zero-order chi connectivity index (χ0) is 17.8. The number of likely N-dealkylation sites (N-methyl/N-ethyl adjacent to an activating group) is 1. The number of hydrogen-bond donors (Lipinski definition) is 1. The molecule has 6 nitrogen and oxygen atoms in total. The van der Waals surface area contributed by atoms with E-state index in [9.17, 15) is 4.79 Å². The maximum atomic E-state index is 10.8. The molecule has 6 heteroatoms. The van der Waals surface area contributed by atoms with Crippen LogP contribution in [0, 0.1) is 6.92 Å². The van der Waals surface area contributed by atoms with Crippen LogP contribution >= 0.6 is 0 Å². The van der Waals surface area contributed by atoms with Crippen molar-refractivity contribution in [3.63, 3.8) is 0 Å². The summed E-state index contributed by atoms with van der Waals surface area (Å²) in [7, 11) is 1.89. The molecule has 0 amide bonds. The van der Waals surface area contributed by atoms with Gasteiger partial charge in [-0.15, -0.1) is 0 Å². The van der Waals surface area contributed by atoms with Gasteiger partial charge in [0.05, 0.1) is 12.2 Å². The van der Waals surface area contributed by atoms with Crippen LogP contribution in [-0.4, -0.2) is 58.6 Å². The van der Waals surface area contributed by atoms with E-state index in [0.717, 1.165) is 49.5 Å². The third-order valence-electron chi connectivity index (χ3n) is 4.85. The Morgan fingerprint density at radius 3 is 2.64 bits per heavy atom. The zero-order valence-electron chi connectivity index (χ0n) is 14.8. The van der Waals surface area contributed by atoms with Gasteiger partial charge >= 0.3 is 5.97 Å². The van der Waals surface area contributed by atoms with Crippen molar-refractivity contribution in [1.82, 2.24) is 14.8 Å². The first-order valence-electron chi connectivity index (χ1n) is 8.69. The molecular weight excluding hydrogens is 318 g/mol. The van der Waals surface area contributed by atoms with Crippen molar-refractivity contribution in [1.29, 1.82) is 0 Å². The monoisotopic (exact) mass is 343 g/mol. The fourth-order valence-electron chi connectivity index (χ4n) is 3.35. The molecule has 25 heavy (non-hydrogen) atoms. The highest BCUT2D eigenvalue weighted by atomic mass is 16.4. The second-order valence-corrected chi connectivity index (χ2v) is 6.70. The minimum absolute atomic E-state index is 0.105. The van der Waals surface area contributed by atoms with E-state index in [1.54, 1.807) is 0 Å². The van der Waals surface area contributed by atoms with Crippen molar-refractivity contribution >= 4 is 5.97 Å². The molecule has 0 aliphatic carbocycles. The number of aliphatic carboxylic acids is 1. The van der Waals surface area contributed by atoms with Gasteiger partial charge in [-0.2, -0.15) is 0 Å². The molecule has 1 aromatic heterocycles. The molecule has 0 bridgehead atoms. The smallest absolute Gasteiger partial charge is 0.317 e. The third-order valence-corrected chi connectivity index (χ3v) is 4.85. The second-order valence-electron chi connectivity index (χ2n) is 6.70. The standard InChI is InChI=1S/C19H25N3O3/c1-14-17(20-19(25-14)15-6-4-3-5-7-15)12-22-10-8-16(9-11-22)21(2)13-18(23)24/h3-7,16H,8-13H2,1-2H3,(H,23,24). The Bertz CT molecular complexity index is 706. The lowest BCUT2D eigenvalue weighted by molar-refractivity contribution is -0.138.